The summed E-state index contributed by atoms with van der Waals surface area (Å²) in [6.45, 7) is 0. The van der Waals surface area contributed by atoms with Crippen LogP contribution in [0.5, 0.6) is 0 Å². The van der Waals surface area contributed by atoms with Gasteiger partial charge in [0.2, 0.25) is 5.78 Å². The standard InChI is InChI=1S/C15H2F8O5/c16-5-1(6(17)10(21)3(9(5)20)14(25)26)13(24)2-7(18)11(22)4(15(27)28)12(23)8(2)19/h(H,25,26)(H,27,28). The van der Waals surface area contributed by atoms with Crippen LogP contribution >= 0.6 is 0 Å². The molecule has 0 spiro atoms. The first-order chi connectivity index (χ1) is 12.8. The van der Waals surface area contributed by atoms with Gasteiger partial charge in [-0.1, -0.05) is 0 Å². The highest BCUT2D eigenvalue weighted by atomic mass is 19.2. The molecule has 5 nitrogen and oxygen atoms in total. The van der Waals surface area contributed by atoms with Gasteiger partial charge in [-0.05, 0) is 0 Å². The molecule has 0 bridgehead atoms. The summed E-state index contributed by atoms with van der Waals surface area (Å²) in [5.74, 6) is -29.1. The maximum atomic E-state index is 13.9. The normalized spacial score (nSPS) is 10.9. The number of benzene rings is 2. The van der Waals surface area contributed by atoms with E-state index in [-0.39, 0.29) is 0 Å². The lowest BCUT2D eigenvalue weighted by Gasteiger charge is -2.12. The summed E-state index contributed by atoms with van der Waals surface area (Å²) >= 11 is 0. The van der Waals surface area contributed by atoms with E-state index in [4.69, 9.17) is 10.2 Å². The third-order valence-corrected chi connectivity index (χ3v) is 3.41. The Morgan fingerprint density at radius 2 is 0.607 bits per heavy atom. The van der Waals surface area contributed by atoms with Crippen LogP contribution in [0.2, 0.25) is 0 Å². The number of carboxylic acids is 2. The fraction of sp³-hybridized carbons (Fsp3) is 0. The van der Waals surface area contributed by atoms with E-state index < -0.39 is 86.5 Å². The van der Waals surface area contributed by atoms with Crippen LogP contribution in [0.15, 0.2) is 0 Å². The summed E-state index contributed by atoms with van der Waals surface area (Å²) < 4.78 is 110. The minimum Gasteiger partial charge on any atom is -0.477 e. The van der Waals surface area contributed by atoms with Gasteiger partial charge in [0.15, 0.2) is 46.5 Å². The fourth-order valence-electron chi connectivity index (χ4n) is 2.16. The molecule has 13 heteroatoms. The molecule has 28 heavy (non-hydrogen) atoms. The molecule has 0 radical (unpaired) electrons. The van der Waals surface area contributed by atoms with Crippen LogP contribution in [0, 0.1) is 46.5 Å². The highest BCUT2D eigenvalue weighted by molar-refractivity contribution is 6.10. The molecule has 0 saturated carbocycles. The summed E-state index contributed by atoms with van der Waals surface area (Å²) in [5, 5.41) is 17.0. The van der Waals surface area contributed by atoms with Gasteiger partial charge in [-0.2, -0.15) is 0 Å². The van der Waals surface area contributed by atoms with Crippen molar-refractivity contribution < 1.29 is 59.7 Å². The van der Waals surface area contributed by atoms with Crippen molar-refractivity contribution in [2.45, 2.75) is 0 Å². The molecule has 148 valence electrons. The first-order valence-corrected chi connectivity index (χ1v) is 6.57. The topological polar surface area (TPSA) is 91.7 Å². The zero-order chi connectivity index (χ0) is 21.7. The zero-order valence-corrected chi connectivity index (χ0v) is 12.6. The number of carbonyl (C=O) groups excluding carboxylic acids is 1. The number of aromatic carboxylic acids is 2. The number of rotatable bonds is 4. The van der Waals surface area contributed by atoms with Gasteiger partial charge in [0, 0.05) is 0 Å². The van der Waals surface area contributed by atoms with E-state index in [1.807, 2.05) is 0 Å². The summed E-state index contributed by atoms with van der Waals surface area (Å²) in [6.07, 6.45) is 0. The number of halogens is 8. The lowest BCUT2D eigenvalue weighted by molar-refractivity contribution is 0.0672. The maximum absolute atomic E-state index is 13.9. The average Bonchev–Trinajstić information content (AvgIpc) is 2.58. The molecular weight excluding hydrogens is 412 g/mol. The van der Waals surface area contributed by atoms with Crippen molar-refractivity contribution in [2.75, 3.05) is 0 Å². The lowest BCUT2D eigenvalue weighted by Crippen LogP contribution is -2.21. The van der Waals surface area contributed by atoms with Gasteiger partial charge in [0.25, 0.3) is 0 Å². The average molecular weight is 414 g/mol. The van der Waals surface area contributed by atoms with Gasteiger partial charge < -0.3 is 10.2 Å². The Kier molecular flexibility index (Phi) is 5.13. The third kappa shape index (κ3) is 2.84. The van der Waals surface area contributed by atoms with Crippen LogP contribution < -0.4 is 0 Å². The second-order valence-electron chi connectivity index (χ2n) is 4.95. The molecule has 0 amide bonds. The maximum Gasteiger partial charge on any atom is 0.341 e. The molecule has 2 aromatic rings. The van der Waals surface area contributed by atoms with E-state index in [2.05, 4.69) is 0 Å². The number of hydrogen-bond donors (Lipinski definition) is 2. The molecule has 0 aliphatic rings. The minimum absolute atomic E-state index is 2.19. The lowest BCUT2D eigenvalue weighted by atomic mass is 9.97. The largest absolute Gasteiger partial charge is 0.477 e. The van der Waals surface area contributed by atoms with Gasteiger partial charge in [0.05, 0.1) is 0 Å². The molecule has 2 aromatic carbocycles. The van der Waals surface area contributed by atoms with Crippen LogP contribution in [0.25, 0.3) is 0 Å². The quantitative estimate of drug-likeness (QED) is 0.455. The predicted molar refractivity (Wildman–Crippen MR) is 69.9 cm³/mol. The third-order valence-electron chi connectivity index (χ3n) is 3.41. The van der Waals surface area contributed by atoms with E-state index in [1.165, 1.54) is 0 Å². The van der Waals surface area contributed by atoms with Gasteiger partial charge >= 0.3 is 11.9 Å². The highest BCUT2D eigenvalue weighted by Gasteiger charge is 2.38. The Balaban J connectivity index is 2.90. The van der Waals surface area contributed by atoms with Crippen molar-refractivity contribution in [3.63, 3.8) is 0 Å². The van der Waals surface area contributed by atoms with Crippen molar-refractivity contribution in [3.8, 4) is 0 Å². The fourth-order valence-corrected chi connectivity index (χ4v) is 2.16. The van der Waals surface area contributed by atoms with Gasteiger partial charge in [-0.3, -0.25) is 4.79 Å². The summed E-state index contributed by atoms with van der Waals surface area (Å²) in [4.78, 5) is 33.2. The molecule has 0 heterocycles. The smallest absolute Gasteiger partial charge is 0.341 e. The predicted octanol–water partition coefficient (Wildman–Crippen LogP) is 3.43. The molecule has 0 fully saturated rings. The Bertz CT molecular complexity index is 938. The van der Waals surface area contributed by atoms with E-state index >= 15 is 0 Å². The van der Waals surface area contributed by atoms with E-state index in [0.717, 1.165) is 0 Å². The van der Waals surface area contributed by atoms with E-state index in [1.54, 1.807) is 0 Å². The zero-order valence-electron chi connectivity index (χ0n) is 12.6. The molecule has 0 unspecified atom stereocenters. The summed E-state index contributed by atoms with van der Waals surface area (Å²) in [6, 6.07) is 0. The van der Waals surface area contributed by atoms with Gasteiger partial charge in [-0.15, -0.1) is 0 Å². The Labute approximate surface area is 147 Å². The SMILES string of the molecule is O=C(O)c1c(F)c(F)c(C(=O)c2c(F)c(F)c(C(=O)O)c(F)c2F)c(F)c1F. The van der Waals surface area contributed by atoms with Crippen LogP contribution in [0.3, 0.4) is 0 Å². The molecule has 0 atom stereocenters. The number of carboxylic acid groups (broad SMARTS) is 2. The molecule has 2 N–H and O–H groups in total. The Hall–Kier alpha value is -3.51. The first kappa shape index (κ1) is 20.8. The molecule has 0 aromatic heterocycles. The first-order valence-electron chi connectivity index (χ1n) is 6.57. The second kappa shape index (κ2) is 6.90. The van der Waals surface area contributed by atoms with Crippen LogP contribution in [0.4, 0.5) is 35.1 Å². The van der Waals surface area contributed by atoms with Crippen LogP contribution in [-0.2, 0) is 0 Å². The minimum atomic E-state index is -2.72. The second-order valence-corrected chi connectivity index (χ2v) is 4.95. The van der Waals surface area contributed by atoms with Crippen molar-refractivity contribution in [1.29, 1.82) is 0 Å². The summed E-state index contributed by atoms with van der Waals surface area (Å²) in [7, 11) is 0. The van der Waals surface area contributed by atoms with Crippen molar-refractivity contribution in [2.24, 2.45) is 0 Å². The highest BCUT2D eigenvalue weighted by Crippen LogP contribution is 2.30. The monoisotopic (exact) mass is 414 g/mol. The molecule has 0 aliphatic heterocycles. The van der Waals surface area contributed by atoms with E-state index in [9.17, 15) is 49.5 Å². The molecule has 0 saturated heterocycles. The molecule has 0 aliphatic carbocycles. The Morgan fingerprint density at radius 3 is 0.786 bits per heavy atom. The van der Waals surface area contributed by atoms with Crippen molar-refractivity contribution in [1.82, 2.24) is 0 Å². The van der Waals surface area contributed by atoms with Gasteiger partial charge in [-0.25, -0.2) is 44.7 Å². The van der Waals surface area contributed by atoms with Crippen molar-refractivity contribution in [3.05, 3.63) is 68.8 Å². The molecular formula is C15H2F8O5. The number of hydrogen-bond acceptors (Lipinski definition) is 3. The summed E-state index contributed by atoms with van der Waals surface area (Å²) in [5.41, 5.74) is -9.18. The Morgan fingerprint density at radius 1 is 0.429 bits per heavy atom. The van der Waals surface area contributed by atoms with E-state index in [0.29, 0.717) is 0 Å². The molecule has 2 rings (SSSR count). The van der Waals surface area contributed by atoms with Gasteiger partial charge in [0.1, 0.15) is 22.3 Å². The number of carbonyl (C=O) groups is 3. The number of ketones is 1. The van der Waals surface area contributed by atoms with Crippen LogP contribution in [0.1, 0.15) is 36.6 Å². The van der Waals surface area contributed by atoms with Crippen molar-refractivity contribution >= 4 is 17.7 Å². The van der Waals surface area contributed by atoms with Crippen LogP contribution in [-0.4, -0.2) is 27.9 Å².